The number of esters is 1. The van der Waals surface area contributed by atoms with Crippen LogP contribution in [-0.4, -0.2) is 64.6 Å². The predicted octanol–water partition coefficient (Wildman–Crippen LogP) is 2.31. The Balaban J connectivity index is 1.65. The Hall–Kier alpha value is -2.95. The van der Waals surface area contributed by atoms with Crippen molar-refractivity contribution in [1.29, 1.82) is 0 Å². The first kappa shape index (κ1) is 25.7. The van der Waals surface area contributed by atoms with Gasteiger partial charge in [-0.05, 0) is 42.7 Å². The van der Waals surface area contributed by atoms with Crippen molar-refractivity contribution in [1.82, 2.24) is 9.62 Å². The minimum Gasteiger partial charge on any atom is -0.495 e. The number of aryl methyl sites for hydroxylation is 1. The molecule has 9 nitrogen and oxygen atoms in total. The quantitative estimate of drug-likeness (QED) is 0.537. The molecule has 0 saturated carbocycles. The van der Waals surface area contributed by atoms with Crippen molar-refractivity contribution in [2.75, 3.05) is 40.0 Å². The van der Waals surface area contributed by atoms with Crippen molar-refractivity contribution in [2.24, 2.45) is 0 Å². The molecule has 0 radical (unpaired) electrons. The van der Waals surface area contributed by atoms with Crippen molar-refractivity contribution in [3.8, 4) is 5.75 Å². The van der Waals surface area contributed by atoms with Gasteiger partial charge in [0.1, 0.15) is 10.6 Å². The van der Waals surface area contributed by atoms with E-state index in [9.17, 15) is 18.0 Å². The number of morpholine rings is 1. The zero-order valence-corrected chi connectivity index (χ0v) is 20.4. The number of methoxy groups -OCH3 is 1. The Morgan fingerprint density at radius 3 is 2.41 bits per heavy atom. The van der Waals surface area contributed by atoms with E-state index >= 15 is 0 Å². The summed E-state index contributed by atoms with van der Waals surface area (Å²) in [5, 5.41) is 2.79. The first-order valence-corrected chi connectivity index (χ1v) is 12.5. The third-order valence-corrected chi connectivity index (χ3v) is 7.51. The largest absolute Gasteiger partial charge is 0.495 e. The fraction of sp³-hybridized carbons (Fsp3) is 0.417. The molecule has 1 atom stereocenters. The molecule has 2 aromatic carbocycles. The molecule has 1 fully saturated rings. The third-order valence-electron chi connectivity index (χ3n) is 5.59. The summed E-state index contributed by atoms with van der Waals surface area (Å²) in [5.41, 5.74) is 2.14. The lowest BCUT2D eigenvalue weighted by molar-refractivity contribution is -0.124. The van der Waals surface area contributed by atoms with E-state index < -0.39 is 28.5 Å². The van der Waals surface area contributed by atoms with Gasteiger partial charge in [0.2, 0.25) is 10.0 Å². The SMILES string of the molecule is CCc1ccc(C(C)NC(=O)COC(=O)c2ccc(OC)c(S(=O)(=O)N3CCOCC3)c2)cc1. The molecular weight excluding hydrogens is 460 g/mol. The summed E-state index contributed by atoms with van der Waals surface area (Å²) in [6, 6.07) is 11.6. The van der Waals surface area contributed by atoms with Crippen LogP contribution in [0.1, 0.15) is 41.4 Å². The van der Waals surface area contributed by atoms with E-state index in [1.807, 2.05) is 31.2 Å². The number of ether oxygens (including phenoxy) is 3. The molecule has 0 aliphatic carbocycles. The third kappa shape index (κ3) is 6.13. The Morgan fingerprint density at radius 1 is 1.12 bits per heavy atom. The highest BCUT2D eigenvalue weighted by Gasteiger charge is 2.30. The fourth-order valence-electron chi connectivity index (χ4n) is 3.55. The summed E-state index contributed by atoms with van der Waals surface area (Å²) in [5.74, 6) is -1.16. The van der Waals surface area contributed by atoms with Gasteiger partial charge >= 0.3 is 5.97 Å². The van der Waals surface area contributed by atoms with Crippen LogP contribution in [0, 0.1) is 0 Å². The molecular formula is C24H30N2O7S. The van der Waals surface area contributed by atoms with Crippen molar-refractivity contribution < 1.29 is 32.2 Å². The van der Waals surface area contributed by atoms with Gasteiger partial charge in [0.25, 0.3) is 5.91 Å². The first-order valence-electron chi connectivity index (χ1n) is 11.1. The smallest absolute Gasteiger partial charge is 0.338 e. The molecule has 1 unspecified atom stereocenters. The van der Waals surface area contributed by atoms with Crippen LogP contribution in [0.2, 0.25) is 0 Å². The van der Waals surface area contributed by atoms with E-state index in [0.717, 1.165) is 12.0 Å². The minimum atomic E-state index is -3.90. The molecule has 1 aliphatic rings. The normalized spacial score (nSPS) is 15.4. The molecule has 1 saturated heterocycles. The van der Waals surface area contributed by atoms with Crippen molar-refractivity contribution in [3.05, 3.63) is 59.2 Å². The second-order valence-electron chi connectivity index (χ2n) is 7.84. The van der Waals surface area contributed by atoms with Crippen LogP contribution in [0.5, 0.6) is 5.75 Å². The number of nitrogens with zero attached hydrogens (tertiary/aromatic N) is 1. The number of nitrogens with one attached hydrogen (secondary N) is 1. The Morgan fingerprint density at radius 2 is 1.79 bits per heavy atom. The number of hydrogen-bond donors (Lipinski definition) is 1. The highest BCUT2D eigenvalue weighted by molar-refractivity contribution is 7.89. The van der Waals surface area contributed by atoms with E-state index in [0.29, 0.717) is 13.2 Å². The molecule has 1 N–H and O–H groups in total. The number of rotatable bonds is 9. The standard InChI is InChI=1S/C24H30N2O7S/c1-4-18-5-7-19(8-6-18)17(2)25-23(27)16-33-24(28)20-9-10-21(31-3)22(15-20)34(29,30)26-11-13-32-14-12-26/h5-10,15,17H,4,11-14,16H2,1-3H3,(H,25,27). The summed E-state index contributed by atoms with van der Waals surface area (Å²) in [6.07, 6.45) is 0.928. The molecule has 1 amide bonds. The molecule has 3 rings (SSSR count). The van der Waals surface area contributed by atoms with E-state index in [1.54, 1.807) is 0 Å². The molecule has 34 heavy (non-hydrogen) atoms. The second-order valence-corrected chi connectivity index (χ2v) is 9.75. The van der Waals surface area contributed by atoms with Gasteiger partial charge in [-0.1, -0.05) is 31.2 Å². The first-order chi connectivity index (χ1) is 16.3. The predicted molar refractivity (Wildman–Crippen MR) is 125 cm³/mol. The van der Waals surface area contributed by atoms with Crippen LogP contribution in [0.15, 0.2) is 47.4 Å². The lowest BCUT2D eigenvalue weighted by atomic mass is 10.1. The van der Waals surface area contributed by atoms with Gasteiger partial charge in [-0.3, -0.25) is 4.79 Å². The number of hydrogen-bond acceptors (Lipinski definition) is 7. The number of carbonyl (C=O) groups is 2. The number of carbonyl (C=O) groups excluding carboxylic acids is 2. The highest BCUT2D eigenvalue weighted by atomic mass is 32.2. The minimum absolute atomic E-state index is 0.00337. The Kier molecular flexibility index (Phi) is 8.65. The van der Waals surface area contributed by atoms with Crippen molar-refractivity contribution in [3.63, 3.8) is 0 Å². The van der Waals surface area contributed by atoms with Crippen LogP contribution in [0.25, 0.3) is 0 Å². The van der Waals surface area contributed by atoms with Crippen molar-refractivity contribution in [2.45, 2.75) is 31.2 Å². The summed E-state index contributed by atoms with van der Waals surface area (Å²) in [6.45, 7) is 4.41. The maximum Gasteiger partial charge on any atom is 0.338 e. The van der Waals surface area contributed by atoms with Gasteiger partial charge in [-0.2, -0.15) is 4.31 Å². The summed E-state index contributed by atoms with van der Waals surface area (Å²) in [4.78, 5) is 24.7. The van der Waals surface area contributed by atoms with Crippen LogP contribution < -0.4 is 10.1 Å². The summed E-state index contributed by atoms with van der Waals surface area (Å²) < 4.78 is 43.0. The van der Waals surface area contributed by atoms with Crippen molar-refractivity contribution >= 4 is 21.9 Å². The molecule has 0 spiro atoms. The Labute approximate surface area is 200 Å². The van der Waals surface area contributed by atoms with Crippen LogP contribution in [0.3, 0.4) is 0 Å². The van der Waals surface area contributed by atoms with Crippen LogP contribution in [0.4, 0.5) is 0 Å². The van der Waals surface area contributed by atoms with Gasteiger partial charge in [0, 0.05) is 13.1 Å². The number of sulfonamides is 1. The Bertz CT molecular complexity index is 1110. The molecule has 1 heterocycles. The lowest BCUT2D eigenvalue weighted by Crippen LogP contribution is -2.40. The van der Waals surface area contributed by atoms with Gasteiger partial charge in [0.15, 0.2) is 6.61 Å². The van der Waals surface area contributed by atoms with Gasteiger partial charge < -0.3 is 19.5 Å². The topological polar surface area (TPSA) is 111 Å². The number of benzene rings is 2. The van der Waals surface area contributed by atoms with Crippen LogP contribution in [-0.2, 0) is 30.7 Å². The monoisotopic (exact) mass is 490 g/mol. The van der Waals surface area contributed by atoms with Gasteiger partial charge in [-0.15, -0.1) is 0 Å². The molecule has 184 valence electrons. The zero-order chi connectivity index (χ0) is 24.7. The fourth-order valence-corrected chi connectivity index (χ4v) is 5.14. The molecule has 2 aromatic rings. The maximum absolute atomic E-state index is 13.1. The lowest BCUT2D eigenvalue weighted by Gasteiger charge is -2.26. The average molecular weight is 491 g/mol. The van der Waals surface area contributed by atoms with Crippen LogP contribution >= 0.6 is 0 Å². The summed E-state index contributed by atoms with van der Waals surface area (Å²) in [7, 11) is -2.55. The van der Waals surface area contributed by atoms with E-state index in [-0.39, 0.29) is 35.3 Å². The molecule has 0 aromatic heterocycles. The maximum atomic E-state index is 13.1. The molecule has 10 heteroatoms. The van der Waals surface area contributed by atoms with E-state index in [1.165, 1.54) is 35.2 Å². The highest BCUT2D eigenvalue weighted by Crippen LogP contribution is 2.28. The average Bonchev–Trinajstić information content (AvgIpc) is 2.87. The van der Waals surface area contributed by atoms with E-state index in [2.05, 4.69) is 12.2 Å². The molecule has 0 bridgehead atoms. The van der Waals surface area contributed by atoms with E-state index in [4.69, 9.17) is 14.2 Å². The van der Waals surface area contributed by atoms with Gasteiger partial charge in [0.05, 0.1) is 31.9 Å². The summed E-state index contributed by atoms with van der Waals surface area (Å²) >= 11 is 0. The second kappa shape index (κ2) is 11.5. The van der Waals surface area contributed by atoms with Gasteiger partial charge in [-0.25, -0.2) is 13.2 Å². The zero-order valence-electron chi connectivity index (χ0n) is 19.6. The molecule has 1 aliphatic heterocycles. The number of amides is 1.